The molecule has 0 saturated heterocycles. The number of esters is 2. The van der Waals surface area contributed by atoms with E-state index in [4.69, 9.17) is 18.5 Å². The number of hydrogen-bond donors (Lipinski definition) is 0. The summed E-state index contributed by atoms with van der Waals surface area (Å²) in [6, 6.07) is 0. The summed E-state index contributed by atoms with van der Waals surface area (Å²) >= 11 is 0. The average molecular weight is 1360 g/mol. The van der Waals surface area contributed by atoms with E-state index >= 15 is 0 Å². The first-order valence-electron chi connectivity index (χ1n) is 40.2. The number of phosphoric ester groups is 1. The van der Waals surface area contributed by atoms with Crippen molar-refractivity contribution in [2.24, 2.45) is 0 Å². The van der Waals surface area contributed by atoms with E-state index in [2.05, 4.69) is 135 Å². The number of nitrogens with zero attached hydrogens (tertiary/aromatic N) is 1. The predicted molar refractivity (Wildman–Crippen MR) is 415 cm³/mol. The molecule has 9 nitrogen and oxygen atoms in total. The lowest BCUT2D eigenvalue weighted by Gasteiger charge is -2.28. The standard InChI is InChI=1S/C86H152NO8P/c1-6-8-10-12-14-16-18-20-22-24-26-28-30-32-34-36-38-40-42-43-45-46-48-50-52-54-56-58-60-62-64-66-68-70-72-74-76-78-85(88)92-82-84(83-94-96(90,91)93-81-80-87(3,4)5)95-86(89)79-77-75-73-71-69-67-65-63-61-59-57-55-53-51-49-47-44-41-39-37-35-33-31-29-27-25-23-21-19-17-15-13-11-9-7-2/h9,11,15,17-18,20-21,23-24,26-27,29,33,35,39,41,47,49,53,55,84H,6-8,10,12-14,16,19,22,25,28,30-32,34,36-38,40,42-46,48,50-52,54,56-83H2,1-5H3/b11-9-,17-15-,20-18-,23-21-,26-24-,29-27-,35-33-,41-39-,49-47-,55-53-. The number of allylic oxidation sites excluding steroid dienone is 20. The van der Waals surface area contributed by atoms with Crippen LogP contribution in [0.15, 0.2) is 122 Å². The molecule has 0 aromatic carbocycles. The molecule has 10 heteroatoms. The maximum atomic E-state index is 12.9. The van der Waals surface area contributed by atoms with Gasteiger partial charge in [0.15, 0.2) is 6.10 Å². The summed E-state index contributed by atoms with van der Waals surface area (Å²) < 4.78 is 34.4. The monoisotopic (exact) mass is 1360 g/mol. The molecule has 0 amide bonds. The third-order valence-electron chi connectivity index (χ3n) is 17.5. The van der Waals surface area contributed by atoms with Crippen molar-refractivity contribution in [1.82, 2.24) is 0 Å². The van der Waals surface area contributed by atoms with E-state index < -0.39 is 26.5 Å². The van der Waals surface area contributed by atoms with Crippen LogP contribution in [0.5, 0.6) is 0 Å². The first kappa shape index (κ1) is 92.4. The minimum absolute atomic E-state index is 0.0349. The van der Waals surface area contributed by atoms with Crippen molar-refractivity contribution in [1.29, 1.82) is 0 Å². The zero-order valence-corrected chi connectivity index (χ0v) is 64.2. The molecule has 0 N–H and O–H groups in total. The van der Waals surface area contributed by atoms with Gasteiger partial charge in [0.2, 0.25) is 0 Å². The molecule has 0 aliphatic carbocycles. The molecule has 0 heterocycles. The fourth-order valence-corrected chi connectivity index (χ4v) is 12.1. The number of carbonyl (C=O) groups is 2. The van der Waals surface area contributed by atoms with Gasteiger partial charge in [0.05, 0.1) is 27.7 Å². The quantitative estimate of drug-likeness (QED) is 0.0195. The summed E-state index contributed by atoms with van der Waals surface area (Å²) in [5.74, 6) is -0.829. The minimum atomic E-state index is -4.65. The van der Waals surface area contributed by atoms with Gasteiger partial charge in [-0.15, -0.1) is 0 Å². The number of ether oxygens (including phenoxy) is 2. The SMILES string of the molecule is CC/C=C\C/C=C\C/C=C\C/C=C\C/C=C\C/C=C\C/C=C\C/C=C\CCCCCCCCCCCCC(=O)OC(COC(=O)CCCCCCCCCCCCCCCCCCCCCCCCCCC/C=C\C/C=C\CCCCCCC)COP(=O)([O-])OCC[N+](C)(C)C. The highest BCUT2D eigenvalue weighted by atomic mass is 31.2. The van der Waals surface area contributed by atoms with Gasteiger partial charge in [-0.3, -0.25) is 14.2 Å². The maximum Gasteiger partial charge on any atom is 0.306 e. The van der Waals surface area contributed by atoms with Gasteiger partial charge in [0, 0.05) is 12.8 Å². The molecule has 0 rings (SSSR count). The Morgan fingerprint density at radius 2 is 0.594 bits per heavy atom. The zero-order valence-electron chi connectivity index (χ0n) is 63.3. The van der Waals surface area contributed by atoms with E-state index in [1.54, 1.807) is 0 Å². The Balaban J connectivity index is 3.98. The average Bonchev–Trinajstić information content (AvgIpc) is 2.74. The zero-order chi connectivity index (χ0) is 69.7. The van der Waals surface area contributed by atoms with Crippen LogP contribution in [-0.2, 0) is 32.7 Å². The van der Waals surface area contributed by atoms with Crippen LogP contribution in [0.1, 0.15) is 361 Å². The first-order valence-corrected chi connectivity index (χ1v) is 41.7. The van der Waals surface area contributed by atoms with E-state index in [0.29, 0.717) is 17.4 Å². The van der Waals surface area contributed by atoms with Crippen LogP contribution in [0, 0.1) is 0 Å². The number of unbranched alkanes of at least 4 members (excludes halogenated alkanes) is 40. The van der Waals surface area contributed by atoms with Crippen molar-refractivity contribution in [3.05, 3.63) is 122 Å². The van der Waals surface area contributed by atoms with Crippen molar-refractivity contribution in [3.8, 4) is 0 Å². The van der Waals surface area contributed by atoms with Gasteiger partial charge < -0.3 is 27.9 Å². The van der Waals surface area contributed by atoms with Gasteiger partial charge in [-0.2, -0.15) is 0 Å². The molecule has 0 bridgehead atoms. The summed E-state index contributed by atoms with van der Waals surface area (Å²) in [7, 11) is 1.16. The summed E-state index contributed by atoms with van der Waals surface area (Å²) in [4.78, 5) is 38.2. The van der Waals surface area contributed by atoms with Gasteiger partial charge >= 0.3 is 11.9 Å². The van der Waals surface area contributed by atoms with Gasteiger partial charge in [0.1, 0.15) is 19.8 Å². The molecule has 0 radical (unpaired) electrons. The fraction of sp³-hybridized carbons (Fsp3) is 0.744. The number of phosphoric acid groups is 1. The third kappa shape index (κ3) is 79.4. The number of carbonyl (C=O) groups excluding carboxylic acids is 2. The van der Waals surface area contributed by atoms with Gasteiger partial charge in [-0.25, -0.2) is 0 Å². The topological polar surface area (TPSA) is 111 Å². The van der Waals surface area contributed by atoms with Crippen LogP contribution in [0.2, 0.25) is 0 Å². The lowest BCUT2D eigenvalue weighted by Crippen LogP contribution is -2.37. The molecule has 0 fully saturated rings. The molecule has 0 aromatic heterocycles. The van der Waals surface area contributed by atoms with Crippen LogP contribution < -0.4 is 4.89 Å². The Morgan fingerprint density at radius 1 is 0.333 bits per heavy atom. The number of hydrogen-bond acceptors (Lipinski definition) is 8. The molecule has 0 saturated carbocycles. The Hall–Kier alpha value is -3.59. The van der Waals surface area contributed by atoms with Crippen molar-refractivity contribution < 1.29 is 42.1 Å². The second-order valence-electron chi connectivity index (χ2n) is 28.0. The summed E-state index contributed by atoms with van der Waals surface area (Å²) in [6.07, 6.45) is 109. The van der Waals surface area contributed by atoms with Crippen LogP contribution >= 0.6 is 7.82 Å². The van der Waals surface area contributed by atoms with Crippen LogP contribution in [-0.4, -0.2) is 70.0 Å². The van der Waals surface area contributed by atoms with E-state index in [-0.39, 0.29) is 32.0 Å². The third-order valence-corrected chi connectivity index (χ3v) is 18.4. The molecular formula is C86H152NO8P. The van der Waals surface area contributed by atoms with E-state index in [9.17, 15) is 19.0 Å². The number of quaternary nitrogens is 1. The van der Waals surface area contributed by atoms with E-state index in [1.807, 2.05) is 21.1 Å². The smallest absolute Gasteiger partial charge is 0.306 e. The highest BCUT2D eigenvalue weighted by molar-refractivity contribution is 7.45. The van der Waals surface area contributed by atoms with Crippen molar-refractivity contribution >= 4 is 19.8 Å². The van der Waals surface area contributed by atoms with Gasteiger partial charge in [-0.05, 0) is 109 Å². The second-order valence-corrected chi connectivity index (χ2v) is 29.5. The molecule has 0 aliphatic heterocycles. The second kappa shape index (κ2) is 75.6. The van der Waals surface area contributed by atoms with Gasteiger partial charge in [-0.1, -0.05) is 360 Å². The predicted octanol–water partition coefficient (Wildman–Crippen LogP) is 26.3. The molecule has 0 aliphatic rings. The normalized spacial score (nSPS) is 13.7. The van der Waals surface area contributed by atoms with Crippen LogP contribution in [0.4, 0.5) is 0 Å². The highest BCUT2D eigenvalue weighted by Gasteiger charge is 2.22. The Labute approximate surface area is 594 Å². The number of likely N-dealkylation sites (N-methyl/N-ethyl adjacent to an activating group) is 1. The lowest BCUT2D eigenvalue weighted by molar-refractivity contribution is -0.870. The molecule has 96 heavy (non-hydrogen) atoms. The van der Waals surface area contributed by atoms with Crippen molar-refractivity contribution in [3.63, 3.8) is 0 Å². The van der Waals surface area contributed by atoms with E-state index in [1.165, 1.54) is 225 Å². The molecule has 554 valence electrons. The Kier molecular flexibility index (Phi) is 72.8. The Bertz CT molecular complexity index is 2040. The molecular weight excluding hydrogens is 1210 g/mol. The largest absolute Gasteiger partial charge is 0.756 e. The molecule has 0 spiro atoms. The molecule has 2 atom stereocenters. The summed E-state index contributed by atoms with van der Waals surface area (Å²) in [5.41, 5.74) is 0. The Morgan fingerprint density at radius 3 is 0.885 bits per heavy atom. The van der Waals surface area contributed by atoms with Crippen LogP contribution in [0.25, 0.3) is 0 Å². The lowest BCUT2D eigenvalue weighted by atomic mass is 10.0. The minimum Gasteiger partial charge on any atom is -0.756 e. The number of rotatable bonds is 74. The molecule has 2 unspecified atom stereocenters. The summed E-state index contributed by atoms with van der Waals surface area (Å²) in [6.45, 7) is 4.15. The van der Waals surface area contributed by atoms with Gasteiger partial charge in [0.25, 0.3) is 7.82 Å². The first-order chi connectivity index (χ1) is 47.0. The van der Waals surface area contributed by atoms with E-state index in [0.717, 1.165) is 103 Å². The van der Waals surface area contributed by atoms with Crippen LogP contribution in [0.3, 0.4) is 0 Å². The maximum absolute atomic E-state index is 12.9. The molecule has 0 aromatic rings. The summed E-state index contributed by atoms with van der Waals surface area (Å²) in [5, 5.41) is 0. The highest BCUT2D eigenvalue weighted by Crippen LogP contribution is 2.38. The van der Waals surface area contributed by atoms with Crippen molar-refractivity contribution in [2.45, 2.75) is 367 Å². The van der Waals surface area contributed by atoms with Crippen molar-refractivity contribution in [2.75, 3.05) is 47.5 Å². The fourth-order valence-electron chi connectivity index (χ4n) is 11.4.